The van der Waals surface area contributed by atoms with Crippen LogP contribution >= 0.6 is 27.3 Å². The summed E-state index contributed by atoms with van der Waals surface area (Å²) in [6, 6.07) is 5.35. The second-order valence-corrected chi connectivity index (χ2v) is 8.51. The van der Waals surface area contributed by atoms with Crippen molar-refractivity contribution in [2.45, 2.75) is 11.1 Å². The molecule has 0 aliphatic rings. The fraction of sp³-hybridized carbons (Fsp3) is 0.0833. The average molecular weight is 391 g/mol. The van der Waals surface area contributed by atoms with Crippen LogP contribution in [0.4, 0.5) is 11.4 Å². The number of nitrogens with one attached hydrogen (secondary N) is 1. The Kier molecular flexibility index (Phi) is 4.26. The van der Waals surface area contributed by atoms with E-state index >= 15 is 0 Å². The van der Waals surface area contributed by atoms with E-state index in [9.17, 15) is 13.2 Å². The van der Waals surface area contributed by atoms with Crippen molar-refractivity contribution in [2.75, 3.05) is 10.5 Å². The fourth-order valence-corrected chi connectivity index (χ4v) is 4.86. The molecule has 2 rings (SSSR count). The lowest BCUT2D eigenvalue weighted by atomic mass is 10.2. The van der Waals surface area contributed by atoms with Gasteiger partial charge in [-0.25, -0.2) is 13.2 Å². The first-order chi connectivity index (χ1) is 9.70. The van der Waals surface area contributed by atoms with Gasteiger partial charge in [0.25, 0.3) is 10.0 Å². The smallest absolute Gasteiger partial charge is 0.335 e. The van der Waals surface area contributed by atoms with Crippen LogP contribution in [0.2, 0.25) is 0 Å². The van der Waals surface area contributed by atoms with Crippen molar-refractivity contribution >= 4 is 54.6 Å². The Labute approximate surface area is 133 Å². The first-order valence-corrected chi connectivity index (χ1v) is 8.71. The molecular formula is C12H11BrN2O4S2. The minimum absolute atomic E-state index is 0.00911. The number of hydrogen-bond donors (Lipinski definition) is 3. The second kappa shape index (κ2) is 5.66. The lowest BCUT2D eigenvalue weighted by Gasteiger charge is -2.09. The first-order valence-electron chi connectivity index (χ1n) is 5.62. The minimum atomic E-state index is -3.76. The van der Waals surface area contributed by atoms with Crippen LogP contribution in [0.15, 0.2) is 32.3 Å². The Morgan fingerprint density at radius 1 is 1.38 bits per heavy atom. The van der Waals surface area contributed by atoms with Gasteiger partial charge in [0.1, 0.15) is 4.21 Å². The van der Waals surface area contributed by atoms with E-state index in [-0.39, 0.29) is 21.1 Å². The summed E-state index contributed by atoms with van der Waals surface area (Å²) in [5.41, 5.74) is 6.68. The van der Waals surface area contributed by atoms with Crippen molar-refractivity contribution in [1.82, 2.24) is 0 Å². The van der Waals surface area contributed by atoms with E-state index in [2.05, 4.69) is 20.7 Å². The highest BCUT2D eigenvalue weighted by Gasteiger charge is 2.19. The Morgan fingerprint density at radius 3 is 2.52 bits per heavy atom. The molecule has 6 nitrogen and oxygen atoms in total. The number of sulfonamides is 1. The van der Waals surface area contributed by atoms with Crippen molar-refractivity contribution in [1.29, 1.82) is 0 Å². The number of carboxylic acid groups (broad SMARTS) is 1. The first kappa shape index (κ1) is 15.8. The Bertz CT molecular complexity index is 795. The Hall–Kier alpha value is -1.58. The molecule has 9 heteroatoms. The molecule has 1 aromatic carbocycles. The molecule has 0 amide bonds. The molecule has 0 spiro atoms. The predicted octanol–water partition coefficient (Wildman–Crippen LogP) is 2.90. The molecule has 1 aromatic heterocycles. The highest BCUT2D eigenvalue weighted by Crippen LogP contribution is 2.32. The van der Waals surface area contributed by atoms with Gasteiger partial charge in [-0.3, -0.25) is 4.72 Å². The monoisotopic (exact) mass is 390 g/mol. The molecule has 0 fully saturated rings. The van der Waals surface area contributed by atoms with E-state index in [0.29, 0.717) is 0 Å². The highest BCUT2D eigenvalue weighted by atomic mass is 79.9. The van der Waals surface area contributed by atoms with E-state index in [1.54, 1.807) is 13.0 Å². The van der Waals surface area contributed by atoms with Gasteiger partial charge in [0, 0.05) is 0 Å². The van der Waals surface area contributed by atoms with Crippen molar-refractivity contribution < 1.29 is 18.3 Å². The van der Waals surface area contributed by atoms with Crippen LogP contribution in [0.5, 0.6) is 0 Å². The zero-order valence-corrected chi connectivity index (χ0v) is 14.0. The van der Waals surface area contributed by atoms with E-state index in [1.807, 2.05) is 0 Å². The summed E-state index contributed by atoms with van der Waals surface area (Å²) in [5, 5.41) is 8.85. The van der Waals surface area contributed by atoms with Crippen LogP contribution in [-0.2, 0) is 10.0 Å². The van der Waals surface area contributed by atoms with Crippen molar-refractivity contribution in [3.05, 3.63) is 39.2 Å². The third kappa shape index (κ3) is 3.36. The van der Waals surface area contributed by atoms with Crippen LogP contribution < -0.4 is 10.5 Å². The number of hydrogen-bond acceptors (Lipinski definition) is 5. The molecule has 112 valence electrons. The normalized spacial score (nSPS) is 11.3. The maximum atomic E-state index is 12.2. The summed E-state index contributed by atoms with van der Waals surface area (Å²) >= 11 is 4.36. The third-order valence-electron chi connectivity index (χ3n) is 2.64. The van der Waals surface area contributed by atoms with Gasteiger partial charge < -0.3 is 10.8 Å². The number of halogens is 1. The molecule has 0 bridgehead atoms. The van der Waals surface area contributed by atoms with Crippen LogP contribution in [0, 0.1) is 6.92 Å². The molecule has 0 unspecified atom stereocenters. The summed E-state index contributed by atoms with van der Waals surface area (Å²) in [6.07, 6.45) is 0. The molecule has 0 atom stereocenters. The number of anilines is 2. The zero-order valence-electron chi connectivity index (χ0n) is 10.8. The van der Waals surface area contributed by atoms with E-state index < -0.39 is 16.0 Å². The summed E-state index contributed by atoms with van der Waals surface area (Å²) in [5.74, 6) is -1.13. The molecular weight excluding hydrogens is 380 g/mol. The molecule has 0 radical (unpaired) electrons. The average Bonchev–Trinajstić information content (AvgIpc) is 2.72. The number of nitrogen functional groups attached to an aromatic ring is 1. The molecule has 0 aliphatic heterocycles. The summed E-state index contributed by atoms with van der Waals surface area (Å²) in [4.78, 5) is 10.8. The molecule has 4 N–H and O–H groups in total. The van der Waals surface area contributed by atoms with Crippen molar-refractivity contribution in [3.63, 3.8) is 0 Å². The SMILES string of the molecule is Cc1cc(S(=O)(=O)Nc2ccc(C(=O)O)cc2N)sc1Br. The minimum Gasteiger partial charge on any atom is -0.478 e. The van der Waals surface area contributed by atoms with Gasteiger partial charge in [-0.2, -0.15) is 0 Å². The van der Waals surface area contributed by atoms with Gasteiger partial charge in [0.15, 0.2) is 0 Å². The van der Waals surface area contributed by atoms with E-state index in [1.165, 1.54) is 18.2 Å². The van der Waals surface area contributed by atoms with E-state index in [0.717, 1.165) is 20.7 Å². The lowest BCUT2D eigenvalue weighted by molar-refractivity contribution is 0.0697. The topological polar surface area (TPSA) is 109 Å². The maximum absolute atomic E-state index is 12.2. The maximum Gasteiger partial charge on any atom is 0.335 e. The van der Waals surface area contributed by atoms with Gasteiger partial charge in [0.2, 0.25) is 0 Å². The Balaban J connectivity index is 2.35. The molecule has 0 saturated carbocycles. The van der Waals surface area contributed by atoms with Crippen molar-refractivity contribution in [3.8, 4) is 0 Å². The zero-order chi connectivity index (χ0) is 15.8. The number of nitrogens with two attached hydrogens (primary N) is 1. The predicted molar refractivity (Wildman–Crippen MR) is 85.4 cm³/mol. The van der Waals surface area contributed by atoms with Gasteiger partial charge in [-0.05, 0) is 52.7 Å². The number of carboxylic acids is 1. The van der Waals surface area contributed by atoms with Gasteiger partial charge in [-0.15, -0.1) is 11.3 Å². The van der Waals surface area contributed by atoms with Crippen LogP contribution in [0.25, 0.3) is 0 Å². The third-order valence-corrected chi connectivity index (χ3v) is 6.62. The van der Waals surface area contributed by atoms with Crippen LogP contribution in [0.3, 0.4) is 0 Å². The number of aryl methyl sites for hydroxylation is 1. The number of benzene rings is 1. The highest BCUT2D eigenvalue weighted by molar-refractivity contribution is 9.11. The van der Waals surface area contributed by atoms with Gasteiger partial charge in [0.05, 0.1) is 20.7 Å². The van der Waals surface area contributed by atoms with Crippen LogP contribution in [-0.4, -0.2) is 19.5 Å². The quantitative estimate of drug-likeness (QED) is 0.695. The molecule has 21 heavy (non-hydrogen) atoms. The summed E-state index contributed by atoms with van der Waals surface area (Å²) in [6.45, 7) is 1.79. The summed E-state index contributed by atoms with van der Waals surface area (Å²) in [7, 11) is -3.76. The summed E-state index contributed by atoms with van der Waals surface area (Å²) < 4.78 is 27.7. The number of carbonyl (C=O) groups is 1. The Morgan fingerprint density at radius 2 is 2.05 bits per heavy atom. The lowest BCUT2D eigenvalue weighted by Crippen LogP contribution is -2.13. The molecule has 1 heterocycles. The number of rotatable bonds is 4. The number of thiophene rings is 1. The molecule has 0 saturated heterocycles. The largest absolute Gasteiger partial charge is 0.478 e. The molecule has 0 aliphatic carbocycles. The second-order valence-electron chi connectivity index (χ2n) is 4.23. The fourth-order valence-electron chi connectivity index (χ4n) is 1.55. The van der Waals surface area contributed by atoms with Gasteiger partial charge >= 0.3 is 5.97 Å². The van der Waals surface area contributed by atoms with E-state index in [4.69, 9.17) is 10.8 Å². The molecule has 2 aromatic rings. The number of aromatic carboxylic acids is 1. The standard InChI is InChI=1S/C12H11BrN2O4S2/c1-6-4-10(20-11(6)13)21(18,19)15-9-3-2-7(12(16)17)5-8(9)14/h2-5,15H,14H2,1H3,(H,16,17). The van der Waals surface area contributed by atoms with Crippen molar-refractivity contribution in [2.24, 2.45) is 0 Å². The van der Waals surface area contributed by atoms with Gasteiger partial charge in [-0.1, -0.05) is 0 Å². The van der Waals surface area contributed by atoms with Crippen LogP contribution in [0.1, 0.15) is 15.9 Å².